The second kappa shape index (κ2) is 3.95. The third-order valence-electron chi connectivity index (χ3n) is 3.38. The summed E-state index contributed by atoms with van der Waals surface area (Å²) in [4.78, 5) is 8.08. The smallest absolute Gasteiger partial charge is 0.129 e. The van der Waals surface area contributed by atoms with Crippen LogP contribution in [0.3, 0.4) is 0 Å². The first-order chi connectivity index (χ1) is 6.77. The lowest BCUT2D eigenvalue weighted by Crippen LogP contribution is -2.24. The van der Waals surface area contributed by atoms with E-state index in [2.05, 4.69) is 29.1 Å². The van der Waals surface area contributed by atoms with Crippen LogP contribution in [0, 0.1) is 11.8 Å². The molecule has 14 heavy (non-hydrogen) atoms. The molecule has 3 unspecified atom stereocenters. The lowest BCUT2D eigenvalue weighted by atomic mass is 9.98. The van der Waals surface area contributed by atoms with Crippen LogP contribution in [0.4, 0.5) is 5.82 Å². The molecule has 0 bridgehead atoms. The lowest BCUT2D eigenvalue weighted by molar-refractivity contribution is 0.435. The molecule has 3 atom stereocenters. The summed E-state index contributed by atoms with van der Waals surface area (Å²) in [6, 6.07) is 2.51. The monoisotopic (exact) mass is 191 g/mol. The number of hydrogen-bond acceptors (Lipinski definition) is 3. The molecule has 1 fully saturated rings. The fourth-order valence-corrected chi connectivity index (χ4v) is 2.13. The Balaban J connectivity index is 1.99. The molecule has 0 aliphatic heterocycles. The van der Waals surface area contributed by atoms with Crippen molar-refractivity contribution in [3.8, 4) is 0 Å². The van der Waals surface area contributed by atoms with Gasteiger partial charge in [0.15, 0.2) is 0 Å². The summed E-state index contributed by atoms with van der Waals surface area (Å²) in [5, 5.41) is 3.47. The van der Waals surface area contributed by atoms with Gasteiger partial charge in [-0.2, -0.15) is 0 Å². The highest BCUT2D eigenvalue weighted by Crippen LogP contribution is 2.32. The first-order valence-corrected chi connectivity index (χ1v) is 5.30. The summed E-state index contributed by atoms with van der Waals surface area (Å²) in [5.41, 5.74) is 0. The minimum atomic E-state index is 0.583. The fraction of sp³-hybridized carbons (Fsp3) is 0.636. The van der Waals surface area contributed by atoms with Crippen LogP contribution in [0.25, 0.3) is 0 Å². The van der Waals surface area contributed by atoms with Crippen molar-refractivity contribution in [2.45, 2.75) is 32.7 Å². The molecule has 0 radical (unpaired) electrons. The quantitative estimate of drug-likeness (QED) is 0.779. The molecular formula is C11H17N3. The van der Waals surface area contributed by atoms with Crippen LogP contribution in [0.5, 0.6) is 0 Å². The summed E-state index contributed by atoms with van der Waals surface area (Å²) >= 11 is 0. The van der Waals surface area contributed by atoms with E-state index in [9.17, 15) is 0 Å². The summed E-state index contributed by atoms with van der Waals surface area (Å²) in [7, 11) is 0. The standard InChI is InChI=1S/C11H17N3/c1-8-3-4-10(9(8)2)14-11-5-6-12-7-13-11/h5-10H,3-4H2,1-2H3,(H,12,13,14). The normalized spacial score (nSPS) is 31.7. The molecular weight excluding hydrogens is 174 g/mol. The van der Waals surface area contributed by atoms with Gasteiger partial charge in [-0.05, 0) is 30.7 Å². The van der Waals surface area contributed by atoms with E-state index in [0.717, 1.165) is 17.7 Å². The molecule has 0 amide bonds. The molecule has 1 aromatic heterocycles. The van der Waals surface area contributed by atoms with Crippen LogP contribution < -0.4 is 5.32 Å². The Bertz CT molecular complexity index is 286. The zero-order valence-corrected chi connectivity index (χ0v) is 8.77. The molecule has 1 aliphatic carbocycles. The Labute approximate surface area is 85.0 Å². The predicted molar refractivity (Wildman–Crippen MR) is 57.0 cm³/mol. The third kappa shape index (κ3) is 1.86. The van der Waals surface area contributed by atoms with E-state index in [0.29, 0.717) is 6.04 Å². The lowest BCUT2D eigenvalue weighted by Gasteiger charge is -2.19. The van der Waals surface area contributed by atoms with E-state index in [1.807, 2.05) is 6.07 Å². The Morgan fingerprint density at radius 1 is 1.36 bits per heavy atom. The molecule has 76 valence electrons. The van der Waals surface area contributed by atoms with E-state index in [1.165, 1.54) is 12.8 Å². The van der Waals surface area contributed by atoms with Crippen LogP contribution in [0.15, 0.2) is 18.6 Å². The van der Waals surface area contributed by atoms with E-state index >= 15 is 0 Å². The van der Waals surface area contributed by atoms with Crippen LogP contribution >= 0.6 is 0 Å². The van der Waals surface area contributed by atoms with Crippen molar-refractivity contribution in [1.29, 1.82) is 0 Å². The van der Waals surface area contributed by atoms with Crippen molar-refractivity contribution in [3.63, 3.8) is 0 Å². The van der Waals surface area contributed by atoms with Gasteiger partial charge in [-0.3, -0.25) is 0 Å². The van der Waals surface area contributed by atoms with Gasteiger partial charge in [-0.25, -0.2) is 9.97 Å². The Morgan fingerprint density at radius 3 is 2.79 bits per heavy atom. The minimum Gasteiger partial charge on any atom is -0.367 e. The van der Waals surface area contributed by atoms with Gasteiger partial charge in [-0.15, -0.1) is 0 Å². The number of aromatic nitrogens is 2. The van der Waals surface area contributed by atoms with Crippen LogP contribution in [-0.4, -0.2) is 16.0 Å². The molecule has 0 spiro atoms. The maximum atomic E-state index is 4.18. The molecule has 1 heterocycles. The van der Waals surface area contributed by atoms with Crippen molar-refractivity contribution in [2.24, 2.45) is 11.8 Å². The molecule has 1 N–H and O–H groups in total. The first kappa shape index (κ1) is 9.44. The zero-order chi connectivity index (χ0) is 9.97. The van der Waals surface area contributed by atoms with Crippen molar-refractivity contribution in [3.05, 3.63) is 18.6 Å². The fourth-order valence-electron chi connectivity index (χ4n) is 2.13. The number of anilines is 1. The van der Waals surface area contributed by atoms with E-state index < -0.39 is 0 Å². The Kier molecular flexibility index (Phi) is 2.66. The second-order valence-corrected chi connectivity index (χ2v) is 4.26. The Morgan fingerprint density at radius 2 is 2.21 bits per heavy atom. The topological polar surface area (TPSA) is 37.8 Å². The second-order valence-electron chi connectivity index (χ2n) is 4.26. The SMILES string of the molecule is CC1CCC(Nc2ccncn2)C1C. The van der Waals surface area contributed by atoms with Gasteiger partial charge in [0.2, 0.25) is 0 Å². The molecule has 0 saturated heterocycles. The largest absolute Gasteiger partial charge is 0.367 e. The number of nitrogens with one attached hydrogen (secondary N) is 1. The maximum absolute atomic E-state index is 4.18. The van der Waals surface area contributed by atoms with Crippen LogP contribution in [0.2, 0.25) is 0 Å². The van der Waals surface area contributed by atoms with Crippen LogP contribution in [-0.2, 0) is 0 Å². The van der Waals surface area contributed by atoms with Crippen LogP contribution in [0.1, 0.15) is 26.7 Å². The van der Waals surface area contributed by atoms with Gasteiger partial charge in [0, 0.05) is 12.2 Å². The van der Waals surface area contributed by atoms with Crippen molar-refractivity contribution >= 4 is 5.82 Å². The van der Waals surface area contributed by atoms with E-state index in [4.69, 9.17) is 0 Å². The van der Waals surface area contributed by atoms with Crippen molar-refractivity contribution in [1.82, 2.24) is 9.97 Å². The maximum Gasteiger partial charge on any atom is 0.129 e. The summed E-state index contributed by atoms with van der Waals surface area (Å²) < 4.78 is 0. The number of hydrogen-bond donors (Lipinski definition) is 1. The third-order valence-corrected chi connectivity index (χ3v) is 3.38. The van der Waals surface area contributed by atoms with Gasteiger partial charge >= 0.3 is 0 Å². The molecule has 3 nitrogen and oxygen atoms in total. The average Bonchev–Trinajstić information content (AvgIpc) is 2.52. The summed E-state index contributed by atoms with van der Waals surface area (Å²) in [6.07, 6.45) is 5.94. The average molecular weight is 191 g/mol. The van der Waals surface area contributed by atoms with Crippen molar-refractivity contribution < 1.29 is 0 Å². The van der Waals surface area contributed by atoms with Gasteiger partial charge in [-0.1, -0.05) is 13.8 Å². The Hall–Kier alpha value is -1.12. The molecule has 1 aromatic rings. The van der Waals surface area contributed by atoms with Gasteiger partial charge < -0.3 is 5.32 Å². The summed E-state index contributed by atoms with van der Waals surface area (Å²) in [5.74, 6) is 2.52. The summed E-state index contributed by atoms with van der Waals surface area (Å²) in [6.45, 7) is 4.64. The molecule has 3 heteroatoms. The zero-order valence-electron chi connectivity index (χ0n) is 8.77. The molecule has 0 aromatic carbocycles. The van der Waals surface area contributed by atoms with E-state index in [-0.39, 0.29) is 0 Å². The molecule has 2 rings (SSSR count). The molecule has 1 saturated carbocycles. The minimum absolute atomic E-state index is 0.583. The van der Waals surface area contributed by atoms with E-state index in [1.54, 1.807) is 12.5 Å². The highest BCUT2D eigenvalue weighted by atomic mass is 15.0. The van der Waals surface area contributed by atoms with Crippen molar-refractivity contribution in [2.75, 3.05) is 5.32 Å². The van der Waals surface area contributed by atoms with Gasteiger partial charge in [0.1, 0.15) is 12.1 Å². The number of rotatable bonds is 2. The highest BCUT2D eigenvalue weighted by Gasteiger charge is 2.29. The first-order valence-electron chi connectivity index (χ1n) is 5.30. The predicted octanol–water partition coefficient (Wildman–Crippen LogP) is 2.32. The van der Waals surface area contributed by atoms with Gasteiger partial charge in [0.05, 0.1) is 0 Å². The van der Waals surface area contributed by atoms with Gasteiger partial charge in [0.25, 0.3) is 0 Å². The number of nitrogens with zero attached hydrogens (tertiary/aromatic N) is 2. The highest BCUT2D eigenvalue weighted by molar-refractivity contribution is 5.33. The molecule has 1 aliphatic rings.